The number of benzene rings is 2. The van der Waals surface area contributed by atoms with E-state index in [0.29, 0.717) is 18.0 Å². The van der Waals surface area contributed by atoms with Crippen molar-refractivity contribution in [2.24, 2.45) is 0 Å². The van der Waals surface area contributed by atoms with Crippen LogP contribution in [0.4, 0.5) is 0 Å². The van der Waals surface area contributed by atoms with Crippen LogP contribution < -0.4 is 0 Å². The average Bonchev–Trinajstić information content (AvgIpc) is 3.03. The third kappa shape index (κ3) is 3.91. The van der Waals surface area contributed by atoms with Gasteiger partial charge < -0.3 is 10.0 Å². The number of ketones is 1. The van der Waals surface area contributed by atoms with Gasteiger partial charge >= 0.3 is 0 Å². The van der Waals surface area contributed by atoms with Crippen LogP contribution in [0, 0.1) is 0 Å². The Labute approximate surface area is 184 Å². The van der Waals surface area contributed by atoms with Crippen LogP contribution >= 0.6 is 0 Å². The van der Waals surface area contributed by atoms with Crippen molar-refractivity contribution in [2.45, 2.75) is 64.8 Å². The molecular weight excluding hydrogens is 386 g/mol. The van der Waals surface area contributed by atoms with Crippen molar-refractivity contribution in [2.75, 3.05) is 6.54 Å². The third-order valence-electron chi connectivity index (χ3n) is 6.55. The molecule has 1 amide bonds. The van der Waals surface area contributed by atoms with E-state index in [-0.39, 0.29) is 11.3 Å². The van der Waals surface area contributed by atoms with E-state index in [4.69, 9.17) is 0 Å². The molecule has 2 aromatic carbocycles. The minimum Gasteiger partial charge on any atom is -0.507 e. The Kier molecular flexibility index (Phi) is 5.99. The number of rotatable bonds is 5. The van der Waals surface area contributed by atoms with Gasteiger partial charge in [-0.2, -0.15) is 0 Å². The van der Waals surface area contributed by atoms with Crippen molar-refractivity contribution in [3.05, 3.63) is 75.9 Å². The Hall–Kier alpha value is -2.88. The number of amides is 1. The first kappa shape index (κ1) is 21.4. The van der Waals surface area contributed by atoms with Crippen molar-refractivity contribution < 1.29 is 14.7 Å². The van der Waals surface area contributed by atoms with Gasteiger partial charge in [0.15, 0.2) is 0 Å². The van der Waals surface area contributed by atoms with Crippen LogP contribution in [0.2, 0.25) is 0 Å². The van der Waals surface area contributed by atoms with E-state index in [9.17, 15) is 14.7 Å². The number of carbonyl (C=O) groups is 2. The lowest BCUT2D eigenvalue weighted by Gasteiger charge is -2.25. The number of aliphatic hydroxyl groups is 1. The number of Topliss-reactive ketones (excluding diaryl/α,β-unsaturated/α-hetero) is 1. The average molecular weight is 418 g/mol. The Morgan fingerprint density at radius 2 is 1.71 bits per heavy atom. The lowest BCUT2D eigenvalue weighted by atomic mass is 9.88. The summed E-state index contributed by atoms with van der Waals surface area (Å²) in [5.41, 5.74) is 5.43. The lowest BCUT2D eigenvalue weighted by molar-refractivity contribution is -0.139. The fourth-order valence-electron chi connectivity index (χ4n) is 4.80. The summed E-state index contributed by atoms with van der Waals surface area (Å²) in [6, 6.07) is 13.4. The molecule has 4 nitrogen and oxygen atoms in total. The van der Waals surface area contributed by atoms with Crippen LogP contribution in [0.1, 0.15) is 79.8 Å². The molecule has 0 aromatic heterocycles. The van der Waals surface area contributed by atoms with Gasteiger partial charge in [-0.25, -0.2) is 0 Å². The maximum Gasteiger partial charge on any atom is 0.295 e. The summed E-state index contributed by atoms with van der Waals surface area (Å²) in [7, 11) is 0. The molecule has 1 atom stereocenters. The zero-order chi connectivity index (χ0) is 22.1. The first-order chi connectivity index (χ1) is 14.9. The summed E-state index contributed by atoms with van der Waals surface area (Å²) in [5.74, 6) is -0.796. The first-order valence-electron chi connectivity index (χ1n) is 11.4. The van der Waals surface area contributed by atoms with E-state index in [1.807, 2.05) is 43.3 Å². The van der Waals surface area contributed by atoms with E-state index in [1.165, 1.54) is 23.1 Å². The van der Waals surface area contributed by atoms with Gasteiger partial charge in [-0.1, -0.05) is 57.2 Å². The molecule has 0 bridgehead atoms. The smallest absolute Gasteiger partial charge is 0.295 e. The van der Waals surface area contributed by atoms with Gasteiger partial charge in [0.05, 0.1) is 11.6 Å². The van der Waals surface area contributed by atoms with E-state index in [0.717, 1.165) is 31.2 Å². The highest BCUT2D eigenvalue weighted by molar-refractivity contribution is 6.46. The number of carbonyl (C=O) groups excluding carboxylic acids is 2. The molecule has 1 unspecified atom stereocenters. The number of aryl methyl sites for hydroxylation is 2. The van der Waals surface area contributed by atoms with E-state index >= 15 is 0 Å². The quantitative estimate of drug-likeness (QED) is 0.396. The predicted octanol–water partition coefficient (Wildman–Crippen LogP) is 5.52. The fourth-order valence-corrected chi connectivity index (χ4v) is 4.80. The molecule has 0 radical (unpaired) electrons. The van der Waals surface area contributed by atoms with Crippen LogP contribution in [-0.2, 0) is 22.4 Å². The molecule has 4 heteroatoms. The number of likely N-dealkylation sites (tertiary alicyclic amines) is 1. The Balaban J connectivity index is 1.82. The molecule has 0 saturated carbocycles. The number of aliphatic hydroxyl groups excluding tert-OH is 1. The summed E-state index contributed by atoms with van der Waals surface area (Å²) < 4.78 is 0. The van der Waals surface area contributed by atoms with Gasteiger partial charge in [0.2, 0.25) is 0 Å². The molecule has 1 aliphatic heterocycles. The lowest BCUT2D eigenvalue weighted by Crippen LogP contribution is -2.30. The van der Waals surface area contributed by atoms with Crippen LogP contribution in [0.15, 0.2) is 48.0 Å². The Bertz CT molecular complexity index is 1030. The molecule has 2 aromatic rings. The number of nitrogens with zero attached hydrogens (tertiary/aromatic N) is 1. The standard InChI is InChI=1S/C27H31NO3/c1-4-15-28-24(20-12-9-18(10-13-20)17(2)3)23(26(30)27(28)31)25(29)22-14-11-19-7-5-6-8-21(19)16-22/h9-14,16-17,24,29H,4-8,15H2,1-3H3/b25-23-. The van der Waals surface area contributed by atoms with E-state index in [2.05, 4.69) is 19.9 Å². The van der Waals surface area contributed by atoms with Crippen LogP contribution in [-0.4, -0.2) is 28.2 Å². The van der Waals surface area contributed by atoms with Gasteiger partial charge in [0, 0.05) is 12.1 Å². The highest BCUT2D eigenvalue weighted by Crippen LogP contribution is 2.40. The van der Waals surface area contributed by atoms with Gasteiger partial charge in [0.1, 0.15) is 5.76 Å². The van der Waals surface area contributed by atoms with Gasteiger partial charge in [-0.05, 0) is 66.3 Å². The topological polar surface area (TPSA) is 57.6 Å². The second-order valence-electron chi connectivity index (χ2n) is 9.00. The maximum atomic E-state index is 13.0. The van der Waals surface area contributed by atoms with Gasteiger partial charge in [-0.15, -0.1) is 0 Å². The molecule has 31 heavy (non-hydrogen) atoms. The molecule has 1 saturated heterocycles. The van der Waals surface area contributed by atoms with Crippen molar-refractivity contribution in [1.29, 1.82) is 0 Å². The summed E-state index contributed by atoms with van der Waals surface area (Å²) in [6.45, 7) is 6.73. The summed E-state index contributed by atoms with van der Waals surface area (Å²) in [4.78, 5) is 27.5. The second kappa shape index (κ2) is 8.70. The van der Waals surface area contributed by atoms with Gasteiger partial charge in [0.25, 0.3) is 11.7 Å². The molecule has 0 spiro atoms. The summed E-state index contributed by atoms with van der Waals surface area (Å²) in [6.07, 6.45) is 5.11. The monoisotopic (exact) mass is 417 g/mol. The van der Waals surface area contributed by atoms with E-state index in [1.54, 1.807) is 4.90 Å². The normalized spacial score (nSPS) is 20.4. The summed E-state index contributed by atoms with van der Waals surface area (Å²) in [5, 5.41) is 11.3. The molecular formula is C27H31NO3. The molecule has 4 rings (SSSR count). The molecule has 162 valence electrons. The number of hydrogen-bond donors (Lipinski definition) is 1. The molecule has 1 N–H and O–H groups in total. The Morgan fingerprint density at radius 1 is 1.03 bits per heavy atom. The predicted molar refractivity (Wildman–Crippen MR) is 123 cm³/mol. The fraction of sp³-hybridized carbons (Fsp3) is 0.407. The largest absolute Gasteiger partial charge is 0.507 e. The Morgan fingerprint density at radius 3 is 2.35 bits per heavy atom. The first-order valence-corrected chi connectivity index (χ1v) is 11.4. The molecule has 1 aliphatic carbocycles. The number of fused-ring (bicyclic) bond motifs is 1. The zero-order valence-corrected chi connectivity index (χ0v) is 18.6. The highest BCUT2D eigenvalue weighted by Gasteiger charge is 2.45. The van der Waals surface area contributed by atoms with Crippen molar-refractivity contribution >= 4 is 17.4 Å². The molecule has 1 fully saturated rings. The van der Waals surface area contributed by atoms with Gasteiger partial charge in [-0.3, -0.25) is 9.59 Å². The molecule has 2 aliphatic rings. The van der Waals surface area contributed by atoms with Crippen LogP contribution in [0.3, 0.4) is 0 Å². The SMILES string of the molecule is CCCN1C(=O)C(=O)/C(=C(\O)c2ccc3c(c2)CCCC3)C1c1ccc(C(C)C)cc1. The van der Waals surface area contributed by atoms with Crippen molar-refractivity contribution in [3.8, 4) is 0 Å². The highest BCUT2D eigenvalue weighted by atomic mass is 16.3. The van der Waals surface area contributed by atoms with Crippen LogP contribution in [0.5, 0.6) is 0 Å². The van der Waals surface area contributed by atoms with E-state index < -0.39 is 17.7 Å². The zero-order valence-electron chi connectivity index (χ0n) is 18.6. The minimum atomic E-state index is -0.596. The molecule has 1 heterocycles. The van der Waals surface area contributed by atoms with Crippen molar-refractivity contribution in [3.63, 3.8) is 0 Å². The summed E-state index contributed by atoms with van der Waals surface area (Å²) >= 11 is 0. The van der Waals surface area contributed by atoms with Crippen LogP contribution in [0.25, 0.3) is 5.76 Å². The minimum absolute atomic E-state index is 0.0664. The van der Waals surface area contributed by atoms with Crippen molar-refractivity contribution in [1.82, 2.24) is 4.90 Å². The second-order valence-corrected chi connectivity index (χ2v) is 9.00. The number of hydrogen-bond acceptors (Lipinski definition) is 3. The maximum absolute atomic E-state index is 13.0. The third-order valence-corrected chi connectivity index (χ3v) is 6.55.